The summed E-state index contributed by atoms with van der Waals surface area (Å²) in [5, 5.41) is 5.39. The Morgan fingerprint density at radius 3 is 1.50 bits per heavy atom. The monoisotopic (exact) mass is 570 g/mol. The van der Waals surface area contributed by atoms with Crippen molar-refractivity contribution >= 4 is 24.8 Å². The molecule has 0 nitrogen and oxygen atoms in total. The van der Waals surface area contributed by atoms with Crippen LogP contribution >= 0.6 is 0 Å². The van der Waals surface area contributed by atoms with Crippen molar-refractivity contribution in [3.05, 3.63) is 150 Å². The molecule has 0 fully saturated rings. The molecule has 1 aliphatic carbocycles. The summed E-state index contributed by atoms with van der Waals surface area (Å²) in [6.07, 6.45) is 6.51. The van der Waals surface area contributed by atoms with Crippen molar-refractivity contribution in [1.29, 1.82) is 0 Å². The van der Waals surface area contributed by atoms with Crippen LogP contribution in [0.25, 0.3) is 21.5 Å². The molecule has 0 atom stereocenters. The molecule has 5 aromatic rings. The Hall–Kier alpha value is -3.02. The summed E-state index contributed by atoms with van der Waals surface area (Å²) < 4.78 is 1.42. The standard InChI is InChI=1S/C13H9.C13H10.C11H17.Zr/c1-3-7-12-10(5-1)9-11-6-2-4-8-13(11)12;1-3-7-12(8-4-1)11-13-9-5-2-6-10-13;1-8(2)10-6-5-7-11(10)9(3)4;/h1-9H;1-10H;6,8-9H,7H2,1-4H3;/q-1;;-1;+2. The molecule has 0 aliphatic heterocycles. The number of allylic oxidation sites excluding steroid dienone is 4. The Balaban J connectivity index is 0.000000134. The van der Waals surface area contributed by atoms with Crippen LogP contribution in [-0.4, -0.2) is 3.21 Å². The first-order valence-electron chi connectivity index (χ1n) is 13.5. The average Bonchev–Trinajstić information content (AvgIpc) is 3.60. The molecule has 0 heterocycles. The third-order valence-corrected chi connectivity index (χ3v) is 8.31. The zero-order chi connectivity index (χ0) is 26.9. The van der Waals surface area contributed by atoms with E-state index in [0.29, 0.717) is 11.8 Å². The fourth-order valence-corrected chi connectivity index (χ4v) is 5.64. The summed E-state index contributed by atoms with van der Waals surface area (Å²) in [5.74, 6) is 1.36. The first-order chi connectivity index (χ1) is 18.5. The van der Waals surface area contributed by atoms with Crippen molar-refractivity contribution in [3.63, 3.8) is 0 Å². The Kier molecular flexibility index (Phi) is 10.1. The van der Waals surface area contributed by atoms with Crippen molar-refractivity contribution < 1.29 is 24.2 Å². The number of fused-ring (bicyclic) bond motifs is 3. The third-order valence-electron chi connectivity index (χ3n) is 6.89. The number of benzene rings is 4. The van der Waals surface area contributed by atoms with Gasteiger partial charge in [0.15, 0.2) is 0 Å². The zero-order valence-electron chi connectivity index (χ0n) is 22.9. The molecule has 1 heteroatoms. The van der Waals surface area contributed by atoms with Gasteiger partial charge in [0.2, 0.25) is 0 Å². The van der Waals surface area contributed by atoms with Crippen LogP contribution in [0.15, 0.2) is 132 Å². The van der Waals surface area contributed by atoms with Crippen LogP contribution in [0.5, 0.6) is 0 Å². The van der Waals surface area contributed by atoms with Gasteiger partial charge >= 0.3 is 99.2 Å². The van der Waals surface area contributed by atoms with Gasteiger partial charge in [-0.15, -0.1) is 46.2 Å². The van der Waals surface area contributed by atoms with Crippen LogP contribution < -0.4 is 0 Å². The Morgan fingerprint density at radius 2 is 1.08 bits per heavy atom. The van der Waals surface area contributed by atoms with E-state index in [0.717, 1.165) is 6.42 Å². The van der Waals surface area contributed by atoms with E-state index in [2.05, 4.69) is 155 Å². The van der Waals surface area contributed by atoms with Crippen molar-refractivity contribution in [1.82, 2.24) is 0 Å². The molecule has 38 heavy (non-hydrogen) atoms. The Labute approximate surface area is 243 Å². The van der Waals surface area contributed by atoms with Crippen LogP contribution in [0.3, 0.4) is 0 Å². The molecule has 0 saturated heterocycles. The maximum atomic E-state index is 3.29. The van der Waals surface area contributed by atoms with Crippen LogP contribution in [-0.2, 0) is 24.2 Å². The fourth-order valence-electron chi connectivity index (χ4n) is 4.82. The largest absolute Gasteiger partial charge is 0.126 e. The molecular formula is C37H36Zr. The summed E-state index contributed by atoms with van der Waals surface area (Å²) in [4.78, 5) is 0. The van der Waals surface area contributed by atoms with Gasteiger partial charge in [0.1, 0.15) is 0 Å². The van der Waals surface area contributed by atoms with Gasteiger partial charge in [-0.2, -0.15) is 11.1 Å². The van der Waals surface area contributed by atoms with Crippen molar-refractivity contribution in [2.24, 2.45) is 11.8 Å². The maximum absolute atomic E-state index is 3.29. The molecule has 0 aromatic heterocycles. The third kappa shape index (κ3) is 7.09. The van der Waals surface area contributed by atoms with E-state index in [1.807, 2.05) is 0 Å². The minimum absolute atomic E-state index is 0.669. The summed E-state index contributed by atoms with van der Waals surface area (Å²) in [5.41, 5.74) is 5.76. The van der Waals surface area contributed by atoms with Gasteiger partial charge in [-0.1, -0.05) is 70.0 Å². The van der Waals surface area contributed by atoms with E-state index in [1.54, 1.807) is 5.57 Å². The van der Waals surface area contributed by atoms with Gasteiger partial charge in [-0.25, -0.2) is 6.08 Å². The molecule has 0 radical (unpaired) electrons. The molecule has 0 saturated carbocycles. The van der Waals surface area contributed by atoms with Crippen molar-refractivity contribution in [3.8, 4) is 0 Å². The minimum Gasteiger partial charge on any atom is -0.126 e. The van der Waals surface area contributed by atoms with Crippen molar-refractivity contribution in [2.75, 3.05) is 0 Å². The molecule has 6 rings (SSSR count). The fraction of sp³-hybridized carbons (Fsp3) is 0.189. The van der Waals surface area contributed by atoms with Crippen LogP contribution in [0.1, 0.15) is 45.2 Å². The quantitative estimate of drug-likeness (QED) is 0.188. The average molecular weight is 572 g/mol. The predicted octanol–water partition coefficient (Wildman–Crippen LogP) is 9.87. The molecule has 0 amide bonds. The summed E-state index contributed by atoms with van der Waals surface area (Å²) in [7, 11) is 0. The first-order valence-corrected chi connectivity index (χ1v) is 14.7. The predicted molar refractivity (Wildman–Crippen MR) is 162 cm³/mol. The second-order valence-electron chi connectivity index (χ2n) is 10.2. The molecular weight excluding hydrogens is 536 g/mol. The topological polar surface area (TPSA) is 0 Å². The molecule has 0 unspecified atom stereocenters. The second kappa shape index (κ2) is 13.7. The zero-order valence-corrected chi connectivity index (χ0v) is 25.4. The van der Waals surface area contributed by atoms with E-state index < -0.39 is 0 Å². The summed E-state index contributed by atoms with van der Waals surface area (Å²) >= 11 is 1.46. The van der Waals surface area contributed by atoms with Crippen LogP contribution in [0.4, 0.5) is 0 Å². The van der Waals surface area contributed by atoms with E-state index >= 15 is 0 Å². The van der Waals surface area contributed by atoms with Crippen molar-refractivity contribution in [2.45, 2.75) is 34.1 Å². The molecule has 0 spiro atoms. The minimum atomic E-state index is 0.669. The molecule has 188 valence electrons. The van der Waals surface area contributed by atoms with E-state index in [4.69, 9.17) is 0 Å². The van der Waals surface area contributed by atoms with E-state index in [9.17, 15) is 0 Å². The van der Waals surface area contributed by atoms with E-state index in [1.165, 1.54) is 65.7 Å². The van der Waals surface area contributed by atoms with Gasteiger partial charge in [-0.3, -0.25) is 6.08 Å². The van der Waals surface area contributed by atoms with Gasteiger partial charge in [0, 0.05) is 0 Å². The molecule has 1 aliphatic rings. The molecule has 0 N–H and O–H groups in total. The first kappa shape index (κ1) is 28.0. The van der Waals surface area contributed by atoms with E-state index in [-0.39, 0.29) is 0 Å². The van der Waals surface area contributed by atoms with Gasteiger partial charge < -0.3 is 0 Å². The maximum Gasteiger partial charge on any atom is -0.0771 e. The van der Waals surface area contributed by atoms with Gasteiger partial charge in [0.25, 0.3) is 0 Å². The summed E-state index contributed by atoms with van der Waals surface area (Å²) in [6, 6.07) is 40.4. The van der Waals surface area contributed by atoms with Gasteiger partial charge in [-0.05, 0) is 5.92 Å². The van der Waals surface area contributed by atoms with Gasteiger partial charge in [0.05, 0.1) is 0 Å². The normalized spacial score (nSPS) is 12.5. The smallest absolute Gasteiger partial charge is 0.0771 e. The number of hydrogen-bond donors (Lipinski definition) is 0. The molecule has 5 aromatic carbocycles. The Bertz CT molecular complexity index is 1440. The molecule has 0 bridgehead atoms. The second-order valence-corrected chi connectivity index (χ2v) is 11.5. The van der Waals surface area contributed by atoms with Crippen LogP contribution in [0, 0.1) is 17.9 Å². The number of hydrogen-bond acceptors (Lipinski definition) is 0. The number of rotatable bonds is 4. The SMILES string of the molecule is CC(C)C1=C(C(C)C)C[C-]=C1.[Zr+2]=[C](c1ccccc1)c1ccccc1.c1ccc2c(c1)[cH-]c1ccccc12. The van der Waals surface area contributed by atoms with Crippen LogP contribution in [0.2, 0.25) is 0 Å². The Morgan fingerprint density at radius 1 is 0.632 bits per heavy atom. The summed E-state index contributed by atoms with van der Waals surface area (Å²) in [6.45, 7) is 9.03.